The number of rotatable bonds is 3. The molecule has 0 saturated heterocycles. The number of methoxy groups -OCH3 is 1. The zero-order valence-corrected chi connectivity index (χ0v) is 16.0. The molecule has 1 aliphatic heterocycles. The first-order valence-electron chi connectivity index (χ1n) is 7.87. The van der Waals surface area contributed by atoms with Crippen molar-refractivity contribution in [1.29, 1.82) is 0 Å². The Balaban J connectivity index is 2.69. The Labute approximate surface area is 156 Å². The van der Waals surface area contributed by atoms with Crippen molar-refractivity contribution in [1.82, 2.24) is 4.90 Å². The largest absolute Gasteiger partial charge is 0.468 e. The minimum Gasteiger partial charge on any atom is -0.468 e. The molecule has 1 aromatic rings. The molecular weight excluding hydrogens is 362 g/mol. The van der Waals surface area contributed by atoms with Gasteiger partial charge in [-0.05, 0) is 38.5 Å². The SMILES string of the molecule is COC(=O)C1(CC(=O)OC(C)(C)C)C(=O)N(C)C(=O)c2cc(Cl)ccc21. The Hall–Kier alpha value is -2.41. The van der Waals surface area contributed by atoms with Crippen molar-refractivity contribution >= 4 is 35.4 Å². The summed E-state index contributed by atoms with van der Waals surface area (Å²) < 4.78 is 10.1. The van der Waals surface area contributed by atoms with Gasteiger partial charge in [0, 0.05) is 17.6 Å². The third-order valence-electron chi connectivity index (χ3n) is 4.01. The monoisotopic (exact) mass is 381 g/mol. The Bertz CT molecular complexity index is 797. The standard InChI is InChI=1S/C18H20ClNO6/c1-17(2,3)26-13(21)9-18(16(24)25-5)12-7-6-10(19)8-11(12)14(22)20(4)15(18)23/h6-8H,9H2,1-5H3. The van der Waals surface area contributed by atoms with E-state index >= 15 is 0 Å². The molecule has 0 N–H and O–H groups in total. The van der Waals surface area contributed by atoms with Crippen LogP contribution in [0.4, 0.5) is 0 Å². The quantitative estimate of drug-likeness (QED) is 0.452. The van der Waals surface area contributed by atoms with Crippen molar-refractivity contribution in [2.45, 2.75) is 38.2 Å². The number of esters is 2. The Morgan fingerprint density at radius 3 is 2.38 bits per heavy atom. The number of carbonyl (C=O) groups excluding carboxylic acids is 4. The van der Waals surface area contributed by atoms with E-state index in [1.54, 1.807) is 20.8 Å². The van der Waals surface area contributed by atoms with Crippen LogP contribution in [0.15, 0.2) is 18.2 Å². The molecule has 1 aliphatic rings. The number of fused-ring (bicyclic) bond motifs is 1. The zero-order valence-electron chi connectivity index (χ0n) is 15.2. The first-order chi connectivity index (χ1) is 11.9. The number of nitrogens with zero attached hydrogens (tertiary/aromatic N) is 1. The number of ether oxygens (including phenoxy) is 2. The van der Waals surface area contributed by atoms with Crippen LogP contribution in [0.2, 0.25) is 5.02 Å². The fourth-order valence-corrected chi connectivity index (χ4v) is 3.12. The van der Waals surface area contributed by atoms with Gasteiger partial charge in [-0.3, -0.25) is 24.1 Å². The van der Waals surface area contributed by atoms with Gasteiger partial charge in [0.2, 0.25) is 0 Å². The van der Waals surface area contributed by atoms with Crippen LogP contribution in [0.5, 0.6) is 0 Å². The molecule has 1 aromatic carbocycles. The fraction of sp³-hybridized carbons (Fsp3) is 0.444. The van der Waals surface area contributed by atoms with Gasteiger partial charge in [0.15, 0.2) is 5.41 Å². The number of benzene rings is 1. The third-order valence-corrected chi connectivity index (χ3v) is 4.24. The van der Waals surface area contributed by atoms with E-state index in [4.69, 9.17) is 21.1 Å². The predicted molar refractivity (Wildman–Crippen MR) is 92.7 cm³/mol. The average molecular weight is 382 g/mol. The molecule has 26 heavy (non-hydrogen) atoms. The first kappa shape index (κ1) is 19.9. The second-order valence-electron chi connectivity index (χ2n) is 7.02. The molecular formula is C18H20ClNO6. The molecule has 1 heterocycles. The zero-order chi connectivity index (χ0) is 19.9. The highest BCUT2D eigenvalue weighted by Gasteiger charge is 2.57. The molecule has 1 atom stereocenters. The summed E-state index contributed by atoms with van der Waals surface area (Å²) in [5, 5.41) is 0.260. The number of hydrogen-bond donors (Lipinski definition) is 0. The van der Waals surface area contributed by atoms with Crippen molar-refractivity contribution in [3.05, 3.63) is 34.3 Å². The topological polar surface area (TPSA) is 90.0 Å². The summed E-state index contributed by atoms with van der Waals surface area (Å²) in [5.41, 5.74) is -2.68. The number of likely N-dealkylation sites (N-methyl/N-ethyl adjacent to an activating group) is 1. The number of halogens is 1. The van der Waals surface area contributed by atoms with E-state index < -0.39 is 41.2 Å². The van der Waals surface area contributed by atoms with E-state index in [1.165, 1.54) is 25.2 Å². The fourth-order valence-electron chi connectivity index (χ4n) is 2.95. The Morgan fingerprint density at radius 1 is 1.23 bits per heavy atom. The summed E-state index contributed by atoms with van der Waals surface area (Å²) in [6.45, 7) is 5.01. The molecule has 2 amide bonds. The highest BCUT2D eigenvalue weighted by molar-refractivity contribution is 6.31. The Morgan fingerprint density at radius 2 is 1.85 bits per heavy atom. The number of carbonyl (C=O) groups is 4. The molecule has 0 aliphatic carbocycles. The molecule has 0 radical (unpaired) electrons. The second kappa shape index (κ2) is 6.72. The molecule has 1 unspecified atom stereocenters. The predicted octanol–water partition coefficient (Wildman–Crippen LogP) is 2.09. The smallest absolute Gasteiger partial charge is 0.326 e. The highest BCUT2D eigenvalue weighted by Crippen LogP contribution is 2.40. The van der Waals surface area contributed by atoms with E-state index in [2.05, 4.69) is 0 Å². The molecule has 140 valence electrons. The van der Waals surface area contributed by atoms with Gasteiger partial charge in [-0.15, -0.1) is 0 Å². The van der Waals surface area contributed by atoms with Crippen LogP contribution in [-0.2, 0) is 29.3 Å². The van der Waals surface area contributed by atoms with Gasteiger partial charge in [0.05, 0.1) is 13.5 Å². The first-order valence-corrected chi connectivity index (χ1v) is 8.24. The van der Waals surface area contributed by atoms with Gasteiger partial charge in [-0.2, -0.15) is 0 Å². The number of imide groups is 1. The van der Waals surface area contributed by atoms with Crippen LogP contribution in [0.25, 0.3) is 0 Å². The molecule has 2 rings (SSSR count). The highest BCUT2D eigenvalue weighted by atomic mass is 35.5. The maximum absolute atomic E-state index is 13.0. The van der Waals surface area contributed by atoms with Crippen molar-refractivity contribution in [3.63, 3.8) is 0 Å². The summed E-state index contributed by atoms with van der Waals surface area (Å²) in [4.78, 5) is 51.4. The van der Waals surface area contributed by atoms with Gasteiger partial charge in [-0.25, -0.2) is 0 Å². The lowest BCUT2D eigenvalue weighted by atomic mass is 9.71. The van der Waals surface area contributed by atoms with Crippen LogP contribution < -0.4 is 0 Å². The maximum atomic E-state index is 13.0. The van der Waals surface area contributed by atoms with E-state index in [-0.39, 0.29) is 16.1 Å². The lowest BCUT2D eigenvalue weighted by Crippen LogP contribution is -2.58. The van der Waals surface area contributed by atoms with Crippen molar-refractivity contribution in [2.24, 2.45) is 0 Å². The van der Waals surface area contributed by atoms with Gasteiger partial charge in [0.25, 0.3) is 11.8 Å². The van der Waals surface area contributed by atoms with E-state index in [0.717, 1.165) is 12.0 Å². The average Bonchev–Trinajstić information content (AvgIpc) is 2.54. The van der Waals surface area contributed by atoms with Gasteiger partial charge in [-0.1, -0.05) is 17.7 Å². The summed E-state index contributed by atoms with van der Waals surface area (Å²) in [6, 6.07) is 4.19. The third kappa shape index (κ3) is 3.31. The lowest BCUT2D eigenvalue weighted by Gasteiger charge is -2.38. The van der Waals surface area contributed by atoms with Crippen LogP contribution >= 0.6 is 11.6 Å². The Kier molecular flexibility index (Phi) is 5.14. The molecule has 8 heteroatoms. The van der Waals surface area contributed by atoms with E-state index in [0.29, 0.717) is 0 Å². The second-order valence-corrected chi connectivity index (χ2v) is 7.46. The summed E-state index contributed by atoms with van der Waals surface area (Å²) in [6.07, 6.45) is -0.595. The van der Waals surface area contributed by atoms with Crippen LogP contribution in [-0.4, -0.2) is 48.4 Å². The number of amides is 2. The summed E-state index contributed by atoms with van der Waals surface area (Å²) in [7, 11) is 2.35. The minimum atomic E-state index is -2.01. The molecule has 7 nitrogen and oxygen atoms in total. The number of hydrogen-bond acceptors (Lipinski definition) is 6. The molecule has 0 aromatic heterocycles. The molecule has 0 spiro atoms. The molecule has 0 saturated carbocycles. The normalized spacial score (nSPS) is 19.8. The van der Waals surface area contributed by atoms with Gasteiger partial charge >= 0.3 is 11.9 Å². The lowest BCUT2D eigenvalue weighted by molar-refractivity contribution is -0.167. The van der Waals surface area contributed by atoms with Crippen molar-refractivity contribution in [2.75, 3.05) is 14.2 Å². The van der Waals surface area contributed by atoms with Crippen molar-refractivity contribution < 1.29 is 28.7 Å². The molecule has 0 bridgehead atoms. The minimum absolute atomic E-state index is 0.0635. The molecule has 0 fully saturated rings. The summed E-state index contributed by atoms with van der Waals surface area (Å²) in [5.74, 6) is -3.18. The summed E-state index contributed by atoms with van der Waals surface area (Å²) >= 11 is 5.96. The van der Waals surface area contributed by atoms with E-state index in [1.807, 2.05) is 0 Å². The van der Waals surface area contributed by atoms with Crippen molar-refractivity contribution in [3.8, 4) is 0 Å². The maximum Gasteiger partial charge on any atom is 0.326 e. The van der Waals surface area contributed by atoms with E-state index in [9.17, 15) is 19.2 Å². The van der Waals surface area contributed by atoms with Crippen LogP contribution in [0.1, 0.15) is 43.1 Å². The van der Waals surface area contributed by atoms with Gasteiger partial charge in [0.1, 0.15) is 5.60 Å². The van der Waals surface area contributed by atoms with Gasteiger partial charge < -0.3 is 9.47 Å². The van der Waals surface area contributed by atoms with Crippen LogP contribution in [0.3, 0.4) is 0 Å². The van der Waals surface area contributed by atoms with Crippen LogP contribution in [0, 0.1) is 0 Å².